The van der Waals surface area contributed by atoms with Crippen LogP contribution in [0.25, 0.3) is 5.65 Å². The highest BCUT2D eigenvalue weighted by atomic mass is 35.5. The molecule has 0 saturated heterocycles. The molecule has 0 radical (unpaired) electrons. The second-order valence-corrected chi connectivity index (χ2v) is 9.29. The summed E-state index contributed by atoms with van der Waals surface area (Å²) in [4.78, 5) is 41.9. The summed E-state index contributed by atoms with van der Waals surface area (Å²) in [5.74, 6) is -3.02. The average molecular weight is 540 g/mol. The van der Waals surface area contributed by atoms with Crippen LogP contribution in [0.3, 0.4) is 0 Å². The minimum Gasteiger partial charge on any atom is -0.390 e. The van der Waals surface area contributed by atoms with Crippen molar-refractivity contribution in [1.82, 2.24) is 25.2 Å². The summed E-state index contributed by atoms with van der Waals surface area (Å²) in [7, 11) is 0. The predicted octanol–water partition coefficient (Wildman–Crippen LogP) is 3.18. The molecule has 2 aromatic heterocycles. The molecule has 4 aromatic rings. The molecule has 9 nitrogen and oxygen atoms in total. The Labute approximate surface area is 219 Å². The first-order valence-electron chi connectivity index (χ1n) is 11.5. The first-order valence-corrected chi connectivity index (χ1v) is 11.9. The minimum atomic E-state index is -0.961. The van der Waals surface area contributed by atoms with Gasteiger partial charge in [-0.1, -0.05) is 29.8 Å². The fourth-order valence-corrected chi connectivity index (χ4v) is 4.58. The molecule has 0 unspecified atom stereocenters. The number of halogens is 3. The maximum atomic E-state index is 14.4. The van der Waals surface area contributed by atoms with Crippen LogP contribution in [0.2, 0.25) is 5.02 Å². The Bertz CT molecular complexity index is 1620. The fourth-order valence-electron chi connectivity index (χ4n) is 4.38. The van der Waals surface area contributed by atoms with E-state index in [1.807, 2.05) is 0 Å². The number of carbonyl (C=O) groups excluding carboxylic acids is 3. The van der Waals surface area contributed by atoms with Crippen molar-refractivity contribution in [2.75, 3.05) is 0 Å². The maximum Gasteiger partial charge on any atom is 0.270 e. The zero-order valence-corrected chi connectivity index (χ0v) is 20.6. The molecule has 0 saturated carbocycles. The van der Waals surface area contributed by atoms with Gasteiger partial charge in [0.25, 0.3) is 11.8 Å². The van der Waals surface area contributed by atoms with Gasteiger partial charge in [-0.2, -0.15) is 5.10 Å². The van der Waals surface area contributed by atoms with Gasteiger partial charge in [-0.3, -0.25) is 14.4 Å². The third-order valence-electron chi connectivity index (χ3n) is 6.32. The number of nitrogens with zero attached hydrogens (tertiary/aromatic N) is 3. The summed E-state index contributed by atoms with van der Waals surface area (Å²) in [6.07, 6.45) is 0.132. The predicted molar refractivity (Wildman–Crippen MR) is 132 cm³/mol. The molecule has 1 aliphatic rings. The van der Waals surface area contributed by atoms with E-state index in [0.29, 0.717) is 16.7 Å². The number of hydrogen-bond acceptors (Lipinski definition) is 6. The number of amides is 2. The van der Waals surface area contributed by atoms with Crippen molar-refractivity contribution in [3.63, 3.8) is 0 Å². The molecule has 3 N–H and O–H groups in total. The van der Waals surface area contributed by atoms with E-state index in [1.165, 1.54) is 19.1 Å². The quantitative estimate of drug-likeness (QED) is 0.323. The van der Waals surface area contributed by atoms with Gasteiger partial charge in [0.1, 0.15) is 17.2 Å². The highest BCUT2D eigenvalue weighted by molar-refractivity contribution is 6.30. The molecular weight excluding hydrogens is 520 g/mol. The molecular formula is C26H20ClF2N5O4. The van der Waals surface area contributed by atoms with Crippen molar-refractivity contribution in [3.05, 3.63) is 99.0 Å². The van der Waals surface area contributed by atoms with Crippen molar-refractivity contribution in [2.45, 2.75) is 32.0 Å². The van der Waals surface area contributed by atoms with Crippen LogP contribution in [0, 0.1) is 11.6 Å². The Morgan fingerprint density at radius 1 is 1.11 bits per heavy atom. The Morgan fingerprint density at radius 3 is 2.63 bits per heavy atom. The van der Waals surface area contributed by atoms with Gasteiger partial charge < -0.3 is 15.7 Å². The van der Waals surface area contributed by atoms with Crippen LogP contribution in [0.1, 0.15) is 61.0 Å². The van der Waals surface area contributed by atoms with Crippen molar-refractivity contribution >= 4 is 34.8 Å². The van der Waals surface area contributed by atoms with Crippen LogP contribution in [-0.2, 0) is 13.0 Å². The van der Waals surface area contributed by atoms with Gasteiger partial charge in [0, 0.05) is 24.6 Å². The Balaban J connectivity index is 1.41. The topological polar surface area (TPSA) is 126 Å². The summed E-state index contributed by atoms with van der Waals surface area (Å²) in [5, 5.41) is 19.6. The molecule has 1 aliphatic carbocycles. The zero-order valence-electron chi connectivity index (χ0n) is 19.8. The molecule has 0 fully saturated rings. The molecule has 2 heterocycles. The first kappa shape index (κ1) is 25.4. The Morgan fingerprint density at radius 2 is 1.89 bits per heavy atom. The Hall–Kier alpha value is -4.22. The number of carbonyl (C=O) groups is 3. The lowest BCUT2D eigenvalue weighted by atomic mass is 10.0. The van der Waals surface area contributed by atoms with E-state index in [0.717, 1.165) is 28.4 Å². The van der Waals surface area contributed by atoms with Crippen LogP contribution in [0.5, 0.6) is 0 Å². The molecule has 0 spiro atoms. The monoisotopic (exact) mass is 539 g/mol. The van der Waals surface area contributed by atoms with E-state index in [-0.39, 0.29) is 40.8 Å². The number of aromatic nitrogens is 3. The van der Waals surface area contributed by atoms with Crippen LogP contribution < -0.4 is 10.6 Å². The van der Waals surface area contributed by atoms with Crippen LogP contribution >= 0.6 is 11.6 Å². The Kier molecular flexibility index (Phi) is 6.64. The molecule has 2 amide bonds. The number of fused-ring (bicyclic) bond motifs is 2. The second kappa shape index (κ2) is 9.92. The van der Waals surface area contributed by atoms with E-state index >= 15 is 0 Å². The lowest BCUT2D eigenvalue weighted by molar-refractivity contribution is 0.0853. The van der Waals surface area contributed by atoms with Gasteiger partial charge in [0.2, 0.25) is 0 Å². The van der Waals surface area contributed by atoms with Crippen molar-refractivity contribution in [1.29, 1.82) is 0 Å². The number of rotatable bonds is 6. The third-order valence-corrected chi connectivity index (χ3v) is 6.61. The highest BCUT2D eigenvalue weighted by Crippen LogP contribution is 2.32. The summed E-state index contributed by atoms with van der Waals surface area (Å²) in [6.45, 7) is 1.41. The SMILES string of the molecule is CC(=O)c1ccc2c(c1)C[C@@H](O)[C@@H]2NC(=O)c1cc(C(=O)NCc2ccc(F)c(Cl)c2)n2ncc(F)c2n1. The number of nitrogens with one attached hydrogen (secondary N) is 2. The van der Waals surface area contributed by atoms with E-state index in [9.17, 15) is 28.3 Å². The molecule has 0 aliphatic heterocycles. The van der Waals surface area contributed by atoms with Gasteiger partial charge in [-0.25, -0.2) is 18.3 Å². The lowest BCUT2D eigenvalue weighted by Crippen LogP contribution is -2.35. The van der Waals surface area contributed by atoms with Gasteiger partial charge in [0.15, 0.2) is 17.2 Å². The molecule has 38 heavy (non-hydrogen) atoms. The smallest absolute Gasteiger partial charge is 0.270 e. The van der Waals surface area contributed by atoms with Gasteiger partial charge >= 0.3 is 0 Å². The number of benzene rings is 2. The minimum absolute atomic E-state index is 0.0266. The summed E-state index contributed by atoms with van der Waals surface area (Å²) >= 11 is 5.79. The van der Waals surface area contributed by atoms with Crippen LogP contribution in [0.15, 0.2) is 48.7 Å². The number of Topliss-reactive ketones (excluding diaryl/α,β-unsaturated/α-hetero) is 1. The van der Waals surface area contributed by atoms with E-state index < -0.39 is 35.6 Å². The summed E-state index contributed by atoms with van der Waals surface area (Å²) in [5.41, 5.74) is 1.59. The average Bonchev–Trinajstić information content (AvgIpc) is 3.42. The largest absolute Gasteiger partial charge is 0.390 e. The van der Waals surface area contributed by atoms with Crippen molar-refractivity contribution in [2.24, 2.45) is 0 Å². The number of aliphatic hydroxyl groups is 1. The standard InChI is InChI=1S/C26H20ClF2N5O4/c1-12(35)14-3-4-16-15(7-14)8-22(36)23(16)33-25(37)20-9-21(34-24(32-20)19(29)11-31-34)26(38)30-10-13-2-5-18(28)17(27)6-13/h2-7,9,11,22-23,36H,8,10H2,1H3,(H,30,38)(H,33,37)/t22-,23-/m1/s1. The molecule has 12 heteroatoms. The molecule has 5 rings (SSSR count). The number of hydrogen-bond donors (Lipinski definition) is 3. The van der Waals surface area contributed by atoms with Crippen LogP contribution in [-0.4, -0.2) is 43.4 Å². The van der Waals surface area contributed by atoms with Gasteiger partial charge in [-0.15, -0.1) is 0 Å². The second-order valence-electron chi connectivity index (χ2n) is 8.88. The summed E-state index contributed by atoms with van der Waals surface area (Å²) in [6, 6.07) is 9.28. The van der Waals surface area contributed by atoms with E-state index in [2.05, 4.69) is 20.7 Å². The first-order chi connectivity index (χ1) is 18.1. The normalized spacial score (nSPS) is 16.3. The zero-order chi connectivity index (χ0) is 27.1. The number of aliphatic hydroxyl groups excluding tert-OH is 1. The maximum absolute atomic E-state index is 14.4. The number of ketones is 1. The lowest BCUT2D eigenvalue weighted by Gasteiger charge is -2.18. The van der Waals surface area contributed by atoms with E-state index in [4.69, 9.17) is 11.6 Å². The molecule has 194 valence electrons. The van der Waals surface area contributed by atoms with Crippen molar-refractivity contribution in [3.8, 4) is 0 Å². The van der Waals surface area contributed by atoms with E-state index in [1.54, 1.807) is 18.2 Å². The summed E-state index contributed by atoms with van der Waals surface area (Å²) < 4.78 is 28.8. The fraction of sp³-hybridized carbons (Fsp3) is 0.192. The third kappa shape index (κ3) is 4.73. The van der Waals surface area contributed by atoms with Gasteiger partial charge in [0.05, 0.1) is 23.4 Å². The molecule has 2 atom stereocenters. The van der Waals surface area contributed by atoms with Crippen molar-refractivity contribution < 1.29 is 28.3 Å². The van der Waals surface area contributed by atoms with Crippen LogP contribution in [0.4, 0.5) is 8.78 Å². The highest BCUT2D eigenvalue weighted by Gasteiger charge is 2.33. The molecule has 0 bridgehead atoms. The molecule has 2 aromatic carbocycles. The van der Waals surface area contributed by atoms with Gasteiger partial charge in [-0.05, 0) is 41.8 Å².